The maximum absolute atomic E-state index is 11.8. The molecule has 0 unspecified atom stereocenters. The van der Waals surface area contributed by atoms with Gasteiger partial charge in [-0.25, -0.2) is 0 Å². The van der Waals surface area contributed by atoms with E-state index in [9.17, 15) is 4.79 Å². The number of carbonyl (C=O) groups excluding carboxylic acids is 1. The summed E-state index contributed by atoms with van der Waals surface area (Å²) in [5.41, 5.74) is 0.668. The number of rotatable bonds is 5. The highest BCUT2D eigenvalue weighted by Gasteiger charge is 2.08. The summed E-state index contributed by atoms with van der Waals surface area (Å²) in [6.45, 7) is 7.99. The number of ether oxygens (including phenoxy) is 1. The summed E-state index contributed by atoms with van der Waals surface area (Å²) in [7, 11) is 0. The minimum Gasteiger partial charge on any atom is -0.491 e. The van der Waals surface area contributed by atoms with Crippen molar-refractivity contribution >= 4 is 5.91 Å². The lowest BCUT2D eigenvalue weighted by Gasteiger charge is -2.12. The second-order valence-corrected chi connectivity index (χ2v) is 4.47. The Bertz CT molecular complexity index is 357. The van der Waals surface area contributed by atoms with Gasteiger partial charge in [-0.15, -0.1) is 0 Å². The molecule has 1 atom stereocenters. The molecule has 0 radical (unpaired) electrons. The van der Waals surface area contributed by atoms with E-state index in [1.54, 1.807) is 12.1 Å². The Kier molecular flexibility index (Phi) is 5.01. The van der Waals surface area contributed by atoms with Crippen LogP contribution in [0.5, 0.6) is 5.75 Å². The molecule has 0 saturated carbocycles. The fourth-order valence-corrected chi connectivity index (χ4v) is 1.37. The molecule has 0 bridgehead atoms. The quantitative estimate of drug-likeness (QED) is 0.852. The molecule has 0 fully saturated rings. The Hall–Kier alpha value is -1.51. The summed E-state index contributed by atoms with van der Waals surface area (Å²) in [6.07, 6.45) is 1.08. The second kappa shape index (κ2) is 6.28. The van der Waals surface area contributed by atoms with Crippen molar-refractivity contribution in [2.24, 2.45) is 0 Å². The van der Waals surface area contributed by atoms with Crippen LogP contribution in [0.15, 0.2) is 24.3 Å². The second-order valence-electron chi connectivity index (χ2n) is 4.47. The van der Waals surface area contributed by atoms with E-state index in [1.165, 1.54) is 0 Å². The molecule has 3 heteroatoms. The van der Waals surface area contributed by atoms with E-state index < -0.39 is 0 Å². The molecule has 1 amide bonds. The zero-order valence-corrected chi connectivity index (χ0v) is 11.0. The fourth-order valence-electron chi connectivity index (χ4n) is 1.37. The standard InChI is InChI=1S/C14H21NO2/c1-5-11(4)15-14(16)12-6-8-13(9-7-12)17-10(2)3/h6-11H,5H2,1-4H3,(H,15,16)/t11-/m0/s1. The Balaban J connectivity index is 2.64. The molecule has 0 aromatic heterocycles. The van der Waals surface area contributed by atoms with Crippen LogP contribution in [0.1, 0.15) is 44.5 Å². The monoisotopic (exact) mass is 235 g/mol. The van der Waals surface area contributed by atoms with Gasteiger partial charge in [-0.1, -0.05) is 6.92 Å². The summed E-state index contributed by atoms with van der Waals surface area (Å²) in [5, 5.41) is 2.93. The lowest BCUT2D eigenvalue weighted by molar-refractivity contribution is 0.0939. The Morgan fingerprint density at radius 3 is 2.29 bits per heavy atom. The Morgan fingerprint density at radius 1 is 1.24 bits per heavy atom. The fraction of sp³-hybridized carbons (Fsp3) is 0.500. The van der Waals surface area contributed by atoms with Gasteiger partial charge in [0.25, 0.3) is 5.91 Å². The molecule has 0 aliphatic heterocycles. The first-order valence-corrected chi connectivity index (χ1v) is 6.10. The summed E-state index contributed by atoms with van der Waals surface area (Å²) in [5.74, 6) is 0.760. The number of hydrogen-bond acceptors (Lipinski definition) is 2. The molecule has 1 aromatic carbocycles. The van der Waals surface area contributed by atoms with Crippen molar-refractivity contribution in [2.45, 2.75) is 46.3 Å². The van der Waals surface area contributed by atoms with E-state index in [0.717, 1.165) is 12.2 Å². The van der Waals surface area contributed by atoms with Crippen molar-refractivity contribution in [3.8, 4) is 5.75 Å². The topological polar surface area (TPSA) is 38.3 Å². The summed E-state index contributed by atoms with van der Waals surface area (Å²) in [6, 6.07) is 7.43. The molecule has 1 aromatic rings. The van der Waals surface area contributed by atoms with Crippen LogP contribution >= 0.6 is 0 Å². The van der Waals surface area contributed by atoms with E-state index in [-0.39, 0.29) is 18.1 Å². The van der Waals surface area contributed by atoms with Gasteiger partial charge in [0, 0.05) is 11.6 Å². The van der Waals surface area contributed by atoms with Crippen LogP contribution in [0, 0.1) is 0 Å². The molecule has 0 aliphatic carbocycles. The smallest absolute Gasteiger partial charge is 0.251 e. The highest BCUT2D eigenvalue weighted by Crippen LogP contribution is 2.13. The zero-order chi connectivity index (χ0) is 12.8. The molecule has 17 heavy (non-hydrogen) atoms. The Morgan fingerprint density at radius 2 is 1.82 bits per heavy atom. The molecule has 0 heterocycles. The third kappa shape index (κ3) is 4.47. The van der Waals surface area contributed by atoms with Crippen LogP contribution in [0.2, 0.25) is 0 Å². The van der Waals surface area contributed by atoms with Crippen LogP contribution in [0.3, 0.4) is 0 Å². The molecule has 1 rings (SSSR count). The SMILES string of the molecule is CC[C@H](C)NC(=O)c1ccc(OC(C)C)cc1. The van der Waals surface area contributed by atoms with Gasteiger partial charge in [0.1, 0.15) is 5.75 Å². The average molecular weight is 235 g/mol. The minimum atomic E-state index is -0.0320. The van der Waals surface area contributed by atoms with Crippen molar-refractivity contribution in [1.29, 1.82) is 0 Å². The number of benzene rings is 1. The molecule has 94 valence electrons. The summed E-state index contributed by atoms with van der Waals surface area (Å²) < 4.78 is 5.52. The van der Waals surface area contributed by atoms with Crippen molar-refractivity contribution in [2.75, 3.05) is 0 Å². The van der Waals surface area contributed by atoms with Gasteiger partial charge >= 0.3 is 0 Å². The number of carbonyl (C=O) groups is 1. The van der Waals surface area contributed by atoms with Crippen molar-refractivity contribution < 1.29 is 9.53 Å². The van der Waals surface area contributed by atoms with Crippen LogP contribution in [-0.2, 0) is 0 Å². The van der Waals surface area contributed by atoms with E-state index in [4.69, 9.17) is 4.74 Å². The van der Waals surface area contributed by atoms with E-state index >= 15 is 0 Å². The molecule has 0 aliphatic rings. The lowest BCUT2D eigenvalue weighted by atomic mass is 10.2. The van der Waals surface area contributed by atoms with Crippen LogP contribution < -0.4 is 10.1 Å². The maximum Gasteiger partial charge on any atom is 0.251 e. The molecule has 0 saturated heterocycles. The van der Waals surface area contributed by atoms with Gasteiger partial charge < -0.3 is 10.1 Å². The normalized spacial score (nSPS) is 12.3. The van der Waals surface area contributed by atoms with E-state index in [0.29, 0.717) is 5.56 Å². The average Bonchev–Trinajstić information content (AvgIpc) is 2.28. The molecular formula is C14H21NO2. The number of hydrogen-bond donors (Lipinski definition) is 1. The van der Waals surface area contributed by atoms with Gasteiger partial charge in [-0.2, -0.15) is 0 Å². The van der Waals surface area contributed by atoms with E-state index in [2.05, 4.69) is 5.32 Å². The van der Waals surface area contributed by atoms with Gasteiger partial charge in [-0.05, 0) is 51.5 Å². The molecule has 3 nitrogen and oxygen atoms in total. The van der Waals surface area contributed by atoms with Crippen molar-refractivity contribution in [1.82, 2.24) is 5.32 Å². The largest absolute Gasteiger partial charge is 0.491 e. The van der Waals surface area contributed by atoms with Gasteiger partial charge in [0.2, 0.25) is 0 Å². The lowest BCUT2D eigenvalue weighted by Crippen LogP contribution is -2.31. The first kappa shape index (κ1) is 13.6. The number of nitrogens with one attached hydrogen (secondary N) is 1. The predicted octanol–water partition coefficient (Wildman–Crippen LogP) is 3.00. The highest BCUT2D eigenvalue weighted by atomic mass is 16.5. The van der Waals surface area contributed by atoms with Crippen molar-refractivity contribution in [3.05, 3.63) is 29.8 Å². The summed E-state index contributed by atoms with van der Waals surface area (Å²) in [4.78, 5) is 11.8. The molecule has 0 spiro atoms. The molecule has 1 N–H and O–H groups in total. The summed E-state index contributed by atoms with van der Waals surface area (Å²) >= 11 is 0. The third-order valence-corrected chi connectivity index (χ3v) is 2.48. The van der Waals surface area contributed by atoms with E-state index in [1.807, 2.05) is 39.8 Å². The molecular weight excluding hydrogens is 214 g/mol. The van der Waals surface area contributed by atoms with Gasteiger partial charge in [-0.3, -0.25) is 4.79 Å². The minimum absolute atomic E-state index is 0.0320. The van der Waals surface area contributed by atoms with Crippen LogP contribution in [0.4, 0.5) is 0 Å². The first-order chi connectivity index (χ1) is 8.02. The van der Waals surface area contributed by atoms with Crippen LogP contribution in [0.25, 0.3) is 0 Å². The zero-order valence-electron chi connectivity index (χ0n) is 11.0. The number of amides is 1. The van der Waals surface area contributed by atoms with Gasteiger partial charge in [0.05, 0.1) is 6.10 Å². The predicted molar refractivity (Wildman–Crippen MR) is 69.4 cm³/mol. The highest BCUT2D eigenvalue weighted by molar-refractivity contribution is 5.94. The Labute approximate surface area is 103 Å². The maximum atomic E-state index is 11.8. The van der Waals surface area contributed by atoms with Crippen LogP contribution in [-0.4, -0.2) is 18.1 Å². The third-order valence-electron chi connectivity index (χ3n) is 2.48. The van der Waals surface area contributed by atoms with Gasteiger partial charge in [0.15, 0.2) is 0 Å². The first-order valence-electron chi connectivity index (χ1n) is 6.10. The van der Waals surface area contributed by atoms with Crippen molar-refractivity contribution in [3.63, 3.8) is 0 Å².